The molecule has 2 rings (SSSR count). The van der Waals surface area contributed by atoms with E-state index in [1.54, 1.807) is 0 Å². The summed E-state index contributed by atoms with van der Waals surface area (Å²) in [6.07, 6.45) is -0.418. The van der Waals surface area contributed by atoms with E-state index in [1.165, 1.54) is 0 Å². The molecule has 1 aliphatic heterocycles. The van der Waals surface area contributed by atoms with E-state index in [0.29, 0.717) is 10.8 Å². The van der Waals surface area contributed by atoms with Gasteiger partial charge in [0.05, 0.1) is 10.9 Å². The van der Waals surface area contributed by atoms with E-state index < -0.39 is 11.9 Å². The second kappa shape index (κ2) is 4.89. The largest absolute Gasteiger partial charge is 0.461 e. The minimum atomic E-state index is -0.549. The van der Waals surface area contributed by atoms with Crippen LogP contribution in [0.2, 0.25) is 0 Å². The Morgan fingerprint density at radius 2 is 1.94 bits per heavy atom. The average Bonchev–Trinajstić information content (AvgIpc) is 2.65. The van der Waals surface area contributed by atoms with E-state index in [9.17, 15) is 0 Å². The first-order valence-electron chi connectivity index (χ1n) is 5.39. The molecule has 92 valence electrons. The first-order chi connectivity index (χ1) is 8.04. The Morgan fingerprint density at radius 3 is 2.53 bits per heavy atom. The number of rotatable bonds is 2. The van der Waals surface area contributed by atoms with Gasteiger partial charge in [-0.25, -0.2) is 0 Å². The smallest absolute Gasteiger partial charge is 0.227 e. The molecule has 0 N–H and O–H groups in total. The molecule has 0 bridgehead atoms. The third-order valence-electron chi connectivity index (χ3n) is 2.61. The Bertz CT molecular complexity index is 426. The van der Waals surface area contributed by atoms with Crippen LogP contribution in [-0.2, 0) is 9.47 Å². The Labute approximate surface area is 111 Å². The zero-order chi connectivity index (χ0) is 12.5. The standard InChI is InChI=1S/C13H14Cl2O2/c1-13(2)11(10(15)8-14)16-12(17-13)9-6-4-3-5-7-9/h3-7,12H,8H2,1-2H3. The lowest BCUT2D eigenvalue weighted by Crippen LogP contribution is -2.21. The molecule has 2 nitrogen and oxygen atoms in total. The van der Waals surface area contributed by atoms with Crippen LogP contribution in [-0.4, -0.2) is 11.5 Å². The molecular formula is C13H14Cl2O2. The van der Waals surface area contributed by atoms with Crippen LogP contribution in [0.5, 0.6) is 0 Å². The maximum absolute atomic E-state index is 6.05. The molecule has 4 heteroatoms. The summed E-state index contributed by atoms with van der Waals surface area (Å²) in [5.74, 6) is 0.841. The number of hydrogen-bond donors (Lipinski definition) is 0. The molecule has 1 fully saturated rings. The summed E-state index contributed by atoms with van der Waals surface area (Å²) in [6.45, 7) is 3.83. The fraction of sp³-hybridized carbons (Fsp3) is 0.385. The Kier molecular flexibility index (Phi) is 3.67. The third kappa shape index (κ3) is 2.59. The SMILES string of the molecule is CC1(C)OC(c2ccccc2)OC1=C(Cl)CCl. The van der Waals surface area contributed by atoms with E-state index >= 15 is 0 Å². The van der Waals surface area contributed by atoms with Gasteiger partial charge in [0, 0.05) is 5.56 Å². The van der Waals surface area contributed by atoms with Crippen LogP contribution in [0.15, 0.2) is 41.1 Å². The molecule has 1 saturated heterocycles. The van der Waals surface area contributed by atoms with Gasteiger partial charge >= 0.3 is 0 Å². The van der Waals surface area contributed by atoms with Gasteiger partial charge in [0.25, 0.3) is 0 Å². The van der Waals surface area contributed by atoms with Crippen molar-refractivity contribution in [2.24, 2.45) is 0 Å². The molecule has 1 atom stereocenters. The van der Waals surface area contributed by atoms with Crippen molar-refractivity contribution in [1.82, 2.24) is 0 Å². The van der Waals surface area contributed by atoms with Crippen molar-refractivity contribution in [3.05, 3.63) is 46.7 Å². The highest BCUT2D eigenvalue weighted by Gasteiger charge is 2.41. The first kappa shape index (κ1) is 12.7. The minimum Gasteiger partial charge on any atom is -0.461 e. The number of ether oxygens (including phenoxy) is 2. The molecule has 1 heterocycles. The van der Waals surface area contributed by atoms with Crippen LogP contribution in [0.4, 0.5) is 0 Å². The van der Waals surface area contributed by atoms with E-state index in [4.69, 9.17) is 32.7 Å². The predicted molar refractivity (Wildman–Crippen MR) is 69.0 cm³/mol. The highest BCUT2D eigenvalue weighted by Crippen LogP contribution is 2.42. The topological polar surface area (TPSA) is 18.5 Å². The maximum Gasteiger partial charge on any atom is 0.227 e. The molecule has 1 aliphatic rings. The lowest BCUT2D eigenvalue weighted by Gasteiger charge is -2.16. The van der Waals surface area contributed by atoms with Crippen LogP contribution >= 0.6 is 23.2 Å². The Morgan fingerprint density at radius 1 is 1.29 bits per heavy atom. The monoisotopic (exact) mass is 272 g/mol. The molecule has 17 heavy (non-hydrogen) atoms. The fourth-order valence-corrected chi connectivity index (χ4v) is 2.19. The normalized spacial score (nSPS) is 25.5. The van der Waals surface area contributed by atoms with Crippen LogP contribution < -0.4 is 0 Å². The van der Waals surface area contributed by atoms with Gasteiger partial charge in [-0.15, -0.1) is 11.6 Å². The number of alkyl halides is 1. The van der Waals surface area contributed by atoms with Crippen molar-refractivity contribution < 1.29 is 9.47 Å². The molecule has 1 unspecified atom stereocenters. The van der Waals surface area contributed by atoms with Gasteiger partial charge in [0.2, 0.25) is 6.29 Å². The number of halogens is 2. The lowest BCUT2D eigenvalue weighted by atomic mass is 10.1. The molecule has 0 aromatic heterocycles. The first-order valence-corrected chi connectivity index (χ1v) is 6.30. The van der Waals surface area contributed by atoms with Crippen molar-refractivity contribution in [2.45, 2.75) is 25.7 Å². The quantitative estimate of drug-likeness (QED) is 0.752. The lowest BCUT2D eigenvalue weighted by molar-refractivity contribution is -0.0799. The highest BCUT2D eigenvalue weighted by atomic mass is 35.5. The van der Waals surface area contributed by atoms with Crippen LogP contribution in [0, 0.1) is 0 Å². The molecule has 0 radical (unpaired) electrons. The summed E-state index contributed by atoms with van der Waals surface area (Å²) in [7, 11) is 0. The molecule has 1 aromatic rings. The second-order valence-electron chi connectivity index (χ2n) is 4.36. The van der Waals surface area contributed by atoms with Crippen LogP contribution in [0.25, 0.3) is 0 Å². The zero-order valence-corrected chi connectivity index (χ0v) is 11.3. The van der Waals surface area contributed by atoms with Gasteiger partial charge in [0.1, 0.15) is 11.4 Å². The summed E-state index contributed by atoms with van der Waals surface area (Å²) in [5.41, 5.74) is 0.418. The number of allylic oxidation sites excluding steroid dienone is 1. The van der Waals surface area contributed by atoms with Crippen molar-refractivity contribution in [2.75, 3.05) is 5.88 Å². The van der Waals surface area contributed by atoms with Crippen molar-refractivity contribution in [1.29, 1.82) is 0 Å². The van der Waals surface area contributed by atoms with Crippen molar-refractivity contribution in [3.8, 4) is 0 Å². The minimum absolute atomic E-state index is 0.227. The van der Waals surface area contributed by atoms with E-state index in [2.05, 4.69) is 0 Å². The average molecular weight is 273 g/mol. The van der Waals surface area contributed by atoms with Gasteiger partial charge < -0.3 is 9.47 Å². The zero-order valence-electron chi connectivity index (χ0n) is 9.74. The molecule has 0 aliphatic carbocycles. The molecule has 0 saturated carbocycles. The molecular weight excluding hydrogens is 259 g/mol. The summed E-state index contributed by atoms with van der Waals surface area (Å²) in [5, 5.41) is 0.495. The molecule has 1 aromatic carbocycles. The fourth-order valence-electron chi connectivity index (χ4n) is 1.79. The van der Waals surface area contributed by atoms with Crippen LogP contribution in [0.3, 0.4) is 0 Å². The third-order valence-corrected chi connectivity index (χ3v) is 3.32. The summed E-state index contributed by atoms with van der Waals surface area (Å²) < 4.78 is 11.6. The van der Waals surface area contributed by atoms with E-state index in [1.807, 2.05) is 44.2 Å². The summed E-state index contributed by atoms with van der Waals surface area (Å²) >= 11 is 11.8. The molecule has 0 spiro atoms. The van der Waals surface area contributed by atoms with Gasteiger partial charge in [-0.05, 0) is 13.8 Å². The van der Waals surface area contributed by atoms with Gasteiger partial charge in [0.15, 0.2) is 0 Å². The number of benzene rings is 1. The van der Waals surface area contributed by atoms with Crippen LogP contribution in [0.1, 0.15) is 25.7 Å². The molecule has 0 amide bonds. The van der Waals surface area contributed by atoms with E-state index in [0.717, 1.165) is 5.56 Å². The Hall–Kier alpha value is -0.700. The van der Waals surface area contributed by atoms with Gasteiger partial charge in [-0.2, -0.15) is 0 Å². The highest BCUT2D eigenvalue weighted by molar-refractivity contribution is 6.36. The van der Waals surface area contributed by atoms with Gasteiger partial charge in [-0.1, -0.05) is 41.9 Å². The van der Waals surface area contributed by atoms with Crippen molar-refractivity contribution >= 4 is 23.2 Å². The summed E-state index contributed by atoms with van der Waals surface area (Å²) in [4.78, 5) is 0. The second-order valence-corrected chi connectivity index (χ2v) is 5.08. The number of hydrogen-bond acceptors (Lipinski definition) is 2. The predicted octanol–water partition coefficient (Wildman–Crippen LogP) is 4.20. The van der Waals surface area contributed by atoms with Crippen molar-refractivity contribution in [3.63, 3.8) is 0 Å². The Balaban J connectivity index is 2.28. The maximum atomic E-state index is 6.05. The summed E-state index contributed by atoms with van der Waals surface area (Å²) in [6, 6.07) is 9.75. The van der Waals surface area contributed by atoms with Gasteiger partial charge in [-0.3, -0.25) is 0 Å². The van der Waals surface area contributed by atoms with E-state index in [-0.39, 0.29) is 5.88 Å².